The summed E-state index contributed by atoms with van der Waals surface area (Å²) in [5.74, 6) is -0.223. The smallest absolute Gasteiger partial charge is 0.312 e. The second kappa shape index (κ2) is 6.20. The highest BCUT2D eigenvalue weighted by atomic mass is 32.2. The molecule has 0 spiro atoms. The third-order valence-electron chi connectivity index (χ3n) is 4.86. The van der Waals surface area contributed by atoms with E-state index in [0.717, 1.165) is 17.8 Å². The number of thiocarbonyl (C=S) groups is 1. The standard InChI is InChI=1S/C18H15F3N2O2S2/c19-18(20,21)12-5-4-8-14(9-12)23-16-11-27(24,25)10-15(16)22(17(23)26)13-6-2-1-3-7-13/h1-9,15-16H,10-11H2/t15-,16+/m1/s1. The lowest BCUT2D eigenvalue weighted by atomic mass is 10.1. The molecule has 2 fully saturated rings. The molecule has 0 N–H and O–H groups in total. The topological polar surface area (TPSA) is 40.6 Å². The van der Waals surface area contributed by atoms with E-state index in [1.165, 1.54) is 12.1 Å². The van der Waals surface area contributed by atoms with Crippen molar-refractivity contribution < 1.29 is 21.6 Å². The van der Waals surface area contributed by atoms with E-state index in [1.807, 2.05) is 30.3 Å². The largest absolute Gasteiger partial charge is 0.416 e. The molecule has 0 aliphatic carbocycles. The van der Waals surface area contributed by atoms with Gasteiger partial charge in [-0.25, -0.2) is 8.42 Å². The van der Waals surface area contributed by atoms with Crippen LogP contribution in [0.4, 0.5) is 24.5 Å². The molecule has 2 aliphatic heterocycles. The number of anilines is 2. The lowest BCUT2D eigenvalue weighted by Gasteiger charge is -2.26. The summed E-state index contributed by atoms with van der Waals surface area (Å²) >= 11 is 5.57. The molecule has 2 atom stereocenters. The first kappa shape index (κ1) is 18.2. The van der Waals surface area contributed by atoms with Crippen molar-refractivity contribution in [2.24, 2.45) is 0 Å². The van der Waals surface area contributed by atoms with Gasteiger partial charge in [0.15, 0.2) is 14.9 Å². The van der Waals surface area contributed by atoms with Crippen LogP contribution >= 0.6 is 12.2 Å². The molecular weight excluding hydrogens is 397 g/mol. The minimum Gasteiger partial charge on any atom is -0.312 e. The molecule has 2 saturated heterocycles. The molecule has 0 radical (unpaired) electrons. The van der Waals surface area contributed by atoms with Gasteiger partial charge in [0.2, 0.25) is 0 Å². The van der Waals surface area contributed by atoms with Gasteiger partial charge in [0.25, 0.3) is 0 Å². The fourth-order valence-corrected chi connectivity index (χ4v) is 6.13. The van der Waals surface area contributed by atoms with Gasteiger partial charge in [0, 0.05) is 11.4 Å². The summed E-state index contributed by atoms with van der Waals surface area (Å²) in [5, 5.41) is 0.311. The number of benzene rings is 2. The first-order valence-corrected chi connectivity index (χ1v) is 10.5. The average molecular weight is 412 g/mol. The van der Waals surface area contributed by atoms with Crippen LogP contribution in [0.2, 0.25) is 0 Å². The van der Waals surface area contributed by atoms with Crippen LogP contribution < -0.4 is 9.80 Å². The molecule has 0 amide bonds. The van der Waals surface area contributed by atoms with Crippen molar-refractivity contribution in [2.75, 3.05) is 21.3 Å². The number of rotatable bonds is 2. The van der Waals surface area contributed by atoms with Gasteiger partial charge in [-0.15, -0.1) is 0 Å². The highest BCUT2D eigenvalue weighted by Crippen LogP contribution is 2.39. The van der Waals surface area contributed by atoms with Gasteiger partial charge in [-0.2, -0.15) is 13.2 Å². The molecule has 0 bridgehead atoms. The number of fused-ring (bicyclic) bond motifs is 1. The maximum Gasteiger partial charge on any atom is 0.416 e. The molecule has 27 heavy (non-hydrogen) atoms. The summed E-state index contributed by atoms with van der Waals surface area (Å²) in [6, 6.07) is 13.0. The SMILES string of the molecule is O=S1(=O)C[C@@H]2[C@H](C1)N(c1cccc(C(F)(F)F)c1)C(=S)N2c1ccccc1. The highest BCUT2D eigenvalue weighted by Gasteiger charge is 2.52. The molecule has 4 nitrogen and oxygen atoms in total. The molecule has 2 aromatic rings. The Kier molecular flexibility index (Phi) is 4.19. The number of hydrogen-bond acceptors (Lipinski definition) is 3. The van der Waals surface area contributed by atoms with Gasteiger partial charge in [-0.3, -0.25) is 0 Å². The molecule has 2 aliphatic rings. The molecule has 9 heteroatoms. The van der Waals surface area contributed by atoms with Gasteiger partial charge < -0.3 is 9.80 Å². The molecule has 142 valence electrons. The van der Waals surface area contributed by atoms with Crippen molar-refractivity contribution in [3.05, 3.63) is 60.2 Å². The Labute approximate surface area is 160 Å². The number of sulfone groups is 1. The van der Waals surface area contributed by atoms with Crippen LogP contribution in [-0.2, 0) is 16.0 Å². The fourth-order valence-electron chi connectivity index (χ4n) is 3.73. The lowest BCUT2D eigenvalue weighted by Crippen LogP contribution is -2.37. The Morgan fingerprint density at radius 2 is 1.44 bits per heavy atom. The summed E-state index contributed by atoms with van der Waals surface area (Å²) in [5.41, 5.74) is 0.183. The first-order valence-electron chi connectivity index (χ1n) is 8.22. The number of para-hydroxylation sites is 1. The van der Waals surface area contributed by atoms with Crippen LogP contribution in [0.25, 0.3) is 0 Å². The monoisotopic (exact) mass is 412 g/mol. The zero-order valence-electron chi connectivity index (χ0n) is 13.9. The number of alkyl halides is 3. The van der Waals surface area contributed by atoms with Crippen LogP contribution in [-0.4, -0.2) is 37.1 Å². The van der Waals surface area contributed by atoms with Gasteiger partial charge in [0.05, 0.1) is 29.2 Å². The normalized spacial score (nSPS) is 24.3. The van der Waals surface area contributed by atoms with Crippen LogP contribution in [0.15, 0.2) is 54.6 Å². The van der Waals surface area contributed by atoms with E-state index in [9.17, 15) is 21.6 Å². The van der Waals surface area contributed by atoms with Gasteiger partial charge in [0.1, 0.15) is 0 Å². The summed E-state index contributed by atoms with van der Waals surface area (Å²) in [7, 11) is -3.31. The minimum absolute atomic E-state index is 0.0812. The summed E-state index contributed by atoms with van der Waals surface area (Å²) in [4.78, 5) is 3.29. The third-order valence-corrected chi connectivity index (χ3v) is 6.95. The first-order chi connectivity index (χ1) is 12.7. The summed E-state index contributed by atoms with van der Waals surface area (Å²) in [6.45, 7) is 0. The van der Waals surface area contributed by atoms with Crippen molar-refractivity contribution in [2.45, 2.75) is 18.3 Å². The molecule has 0 saturated carbocycles. The van der Waals surface area contributed by atoms with E-state index < -0.39 is 33.7 Å². The van der Waals surface area contributed by atoms with Crippen LogP contribution in [0.5, 0.6) is 0 Å². The van der Waals surface area contributed by atoms with Crippen LogP contribution in [0.3, 0.4) is 0 Å². The molecule has 2 heterocycles. The van der Waals surface area contributed by atoms with Crippen LogP contribution in [0.1, 0.15) is 5.56 Å². The van der Waals surface area contributed by atoms with Gasteiger partial charge in [-0.05, 0) is 42.5 Å². The predicted molar refractivity (Wildman–Crippen MR) is 102 cm³/mol. The highest BCUT2D eigenvalue weighted by molar-refractivity contribution is 7.91. The summed E-state index contributed by atoms with van der Waals surface area (Å²) in [6.07, 6.45) is -4.49. The number of nitrogens with zero attached hydrogens (tertiary/aromatic N) is 2. The van der Waals surface area contributed by atoms with Crippen molar-refractivity contribution in [1.82, 2.24) is 0 Å². The second-order valence-electron chi connectivity index (χ2n) is 6.62. The maximum absolute atomic E-state index is 13.1. The number of halogens is 3. The second-order valence-corrected chi connectivity index (χ2v) is 9.14. The van der Waals surface area contributed by atoms with Crippen molar-refractivity contribution >= 4 is 38.5 Å². The van der Waals surface area contributed by atoms with E-state index in [2.05, 4.69) is 0 Å². The van der Waals surface area contributed by atoms with E-state index in [1.54, 1.807) is 9.80 Å². The number of hydrogen-bond donors (Lipinski definition) is 0. The Balaban J connectivity index is 1.80. The van der Waals surface area contributed by atoms with Gasteiger partial charge in [-0.1, -0.05) is 24.3 Å². The van der Waals surface area contributed by atoms with Crippen molar-refractivity contribution in [3.63, 3.8) is 0 Å². The van der Waals surface area contributed by atoms with Crippen LogP contribution in [0, 0.1) is 0 Å². The zero-order valence-corrected chi connectivity index (χ0v) is 15.6. The lowest BCUT2D eigenvalue weighted by molar-refractivity contribution is -0.137. The predicted octanol–water partition coefficient (Wildman–Crippen LogP) is 3.48. The minimum atomic E-state index is -4.49. The third kappa shape index (κ3) is 3.19. The Hall–Kier alpha value is -2.13. The van der Waals surface area contributed by atoms with E-state index >= 15 is 0 Å². The Bertz CT molecular complexity index is 993. The Morgan fingerprint density at radius 1 is 0.889 bits per heavy atom. The molecule has 0 unspecified atom stereocenters. The van der Waals surface area contributed by atoms with E-state index in [4.69, 9.17) is 12.2 Å². The average Bonchev–Trinajstić information content (AvgIpc) is 3.03. The zero-order chi connectivity index (χ0) is 19.4. The fraction of sp³-hybridized carbons (Fsp3) is 0.278. The maximum atomic E-state index is 13.1. The van der Waals surface area contributed by atoms with Gasteiger partial charge >= 0.3 is 6.18 Å². The Morgan fingerprint density at radius 3 is 2.04 bits per heavy atom. The van der Waals surface area contributed by atoms with Crippen molar-refractivity contribution in [1.29, 1.82) is 0 Å². The van der Waals surface area contributed by atoms with Crippen molar-refractivity contribution in [3.8, 4) is 0 Å². The quantitative estimate of drug-likeness (QED) is 0.707. The molecular formula is C18H15F3N2O2S2. The molecule has 2 aromatic carbocycles. The van der Waals surface area contributed by atoms with E-state index in [-0.39, 0.29) is 17.2 Å². The summed E-state index contributed by atoms with van der Waals surface area (Å²) < 4.78 is 63.9. The van der Waals surface area contributed by atoms with E-state index in [0.29, 0.717) is 5.11 Å². The molecule has 0 aromatic heterocycles. The molecule has 4 rings (SSSR count).